The summed E-state index contributed by atoms with van der Waals surface area (Å²) in [4.78, 5) is 16.4. The van der Waals surface area contributed by atoms with Crippen LogP contribution in [0.5, 0.6) is 5.75 Å². The molecule has 0 aliphatic rings. The summed E-state index contributed by atoms with van der Waals surface area (Å²) in [7, 11) is 0. The van der Waals surface area contributed by atoms with Crippen LogP contribution in [0.3, 0.4) is 0 Å². The minimum Gasteiger partial charge on any atom is -0.484 e. The zero-order chi connectivity index (χ0) is 21.5. The number of ether oxygens (including phenoxy) is 1. The number of nitrogens with one attached hydrogen (secondary N) is 1. The summed E-state index contributed by atoms with van der Waals surface area (Å²) in [6, 6.07) is 22.3. The van der Waals surface area contributed by atoms with Gasteiger partial charge in [0, 0.05) is 17.3 Å². The van der Waals surface area contributed by atoms with Gasteiger partial charge in [0.2, 0.25) is 5.82 Å². The van der Waals surface area contributed by atoms with Gasteiger partial charge >= 0.3 is 0 Å². The van der Waals surface area contributed by atoms with E-state index in [1.165, 1.54) is 24.3 Å². The molecule has 0 saturated heterocycles. The van der Waals surface area contributed by atoms with Crippen LogP contribution in [0.1, 0.15) is 11.5 Å². The zero-order valence-electron chi connectivity index (χ0n) is 16.4. The van der Waals surface area contributed by atoms with Crippen LogP contribution in [-0.2, 0) is 4.79 Å². The minimum absolute atomic E-state index is 0.196. The van der Waals surface area contributed by atoms with Gasteiger partial charge in [0.15, 0.2) is 6.61 Å². The first-order valence-electron chi connectivity index (χ1n) is 9.51. The van der Waals surface area contributed by atoms with Gasteiger partial charge in [0.25, 0.3) is 11.8 Å². The van der Waals surface area contributed by atoms with Crippen molar-refractivity contribution in [2.45, 2.75) is 0 Å². The standard InChI is InChI=1S/C24H18FN3O3/c25-19-10-12-20(13-11-19)26-22(29)16-30-21-8-4-7-18(15-21)24-27-23(31-28-24)14-9-17-5-2-1-3-6-17/h1-15H,16H2,(H,26,29). The predicted octanol–water partition coefficient (Wildman–Crippen LogP) is 5.06. The van der Waals surface area contributed by atoms with Crippen LogP contribution >= 0.6 is 0 Å². The highest BCUT2D eigenvalue weighted by atomic mass is 19.1. The maximum Gasteiger partial charge on any atom is 0.262 e. The largest absolute Gasteiger partial charge is 0.484 e. The Bertz CT molecular complexity index is 1190. The molecule has 3 aromatic carbocycles. The second kappa shape index (κ2) is 9.49. The Balaban J connectivity index is 1.37. The molecule has 0 fully saturated rings. The highest BCUT2D eigenvalue weighted by Crippen LogP contribution is 2.22. The molecule has 1 aromatic heterocycles. The lowest BCUT2D eigenvalue weighted by atomic mass is 10.2. The predicted molar refractivity (Wildman–Crippen MR) is 116 cm³/mol. The first-order chi connectivity index (χ1) is 15.2. The van der Waals surface area contributed by atoms with Crippen LogP contribution in [0.2, 0.25) is 0 Å². The monoisotopic (exact) mass is 415 g/mol. The number of amides is 1. The van der Waals surface area contributed by atoms with Crippen LogP contribution in [0.25, 0.3) is 23.5 Å². The molecular formula is C24H18FN3O3. The number of carbonyl (C=O) groups is 1. The Kier molecular flexibility index (Phi) is 6.13. The second-order valence-corrected chi connectivity index (χ2v) is 6.57. The number of aromatic nitrogens is 2. The molecule has 6 nitrogen and oxygen atoms in total. The molecule has 0 unspecified atom stereocenters. The van der Waals surface area contributed by atoms with Crippen molar-refractivity contribution >= 4 is 23.7 Å². The third-order valence-corrected chi connectivity index (χ3v) is 4.25. The van der Waals surface area contributed by atoms with Gasteiger partial charge in [0.05, 0.1) is 0 Å². The molecule has 0 saturated carbocycles. The van der Waals surface area contributed by atoms with E-state index in [-0.39, 0.29) is 18.3 Å². The lowest BCUT2D eigenvalue weighted by Gasteiger charge is -2.08. The molecule has 1 N–H and O–H groups in total. The third kappa shape index (κ3) is 5.63. The smallest absolute Gasteiger partial charge is 0.262 e. The van der Waals surface area contributed by atoms with E-state index in [2.05, 4.69) is 15.5 Å². The van der Waals surface area contributed by atoms with Crippen molar-refractivity contribution in [1.82, 2.24) is 10.1 Å². The average Bonchev–Trinajstić information content (AvgIpc) is 3.28. The normalized spacial score (nSPS) is 10.9. The van der Waals surface area contributed by atoms with E-state index in [1.807, 2.05) is 42.5 Å². The molecule has 4 rings (SSSR count). The van der Waals surface area contributed by atoms with Gasteiger partial charge in [0.1, 0.15) is 11.6 Å². The average molecular weight is 415 g/mol. The number of halogens is 1. The summed E-state index contributed by atoms with van der Waals surface area (Å²) in [5.74, 6) is 0.548. The number of carbonyl (C=O) groups excluding carboxylic acids is 1. The first-order valence-corrected chi connectivity index (χ1v) is 9.51. The van der Waals surface area contributed by atoms with Crippen LogP contribution in [-0.4, -0.2) is 22.7 Å². The molecule has 0 radical (unpaired) electrons. The van der Waals surface area contributed by atoms with Crippen LogP contribution in [0.4, 0.5) is 10.1 Å². The van der Waals surface area contributed by atoms with Crippen molar-refractivity contribution in [3.63, 3.8) is 0 Å². The summed E-state index contributed by atoms with van der Waals surface area (Å²) in [6.07, 6.45) is 3.63. The topological polar surface area (TPSA) is 77.2 Å². The second-order valence-electron chi connectivity index (χ2n) is 6.57. The fraction of sp³-hybridized carbons (Fsp3) is 0.0417. The molecule has 1 heterocycles. The van der Waals surface area contributed by atoms with Gasteiger partial charge in [-0.1, -0.05) is 47.6 Å². The number of nitrogens with zero attached hydrogens (tertiary/aromatic N) is 2. The van der Waals surface area contributed by atoms with E-state index in [4.69, 9.17) is 9.26 Å². The van der Waals surface area contributed by atoms with Gasteiger partial charge in [-0.3, -0.25) is 4.79 Å². The Labute approximate surface area is 178 Å². The molecule has 154 valence electrons. The van der Waals surface area contributed by atoms with E-state index in [9.17, 15) is 9.18 Å². The molecule has 0 spiro atoms. The summed E-state index contributed by atoms with van der Waals surface area (Å²) >= 11 is 0. The van der Waals surface area contributed by atoms with Gasteiger partial charge in [-0.15, -0.1) is 0 Å². The number of benzene rings is 3. The number of anilines is 1. The fourth-order valence-corrected chi connectivity index (χ4v) is 2.76. The van der Waals surface area contributed by atoms with Gasteiger partial charge in [-0.25, -0.2) is 4.39 Å². The quantitative estimate of drug-likeness (QED) is 0.456. The molecule has 7 heteroatoms. The molecule has 31 heavy (non-hydrogen) atoms. The van der Waals surface area contributed by atoms with Crippen LogP contribution in [0.15, 0.2) is 83.4 Å². The molecule has 4 aromatic rings. The van der Waals surface area contributed by atoms with E-state index in [0.717, 1.165) is 5.56 Å². The first kappa shape index (κ1) is 20.0. The van der Waals surface area contributed by atoms with Gasteiger partial charge < -0.3 is 14.6 Å². The highest BCUT2D eigenvalue weighted by Gasteiger charge is 2.09. The van der Waals surface area contributed by atoms with Crippen molar-refractivity contribution in [3.8, 4) is 17.1 Å². The lowest BCUT2D eigenvalue weighted by Crippen LogP contribution is -2.20. The zero-order valence-corrected chi connectivity index (χ0v) is 16.4. The Morgan fingerprint density at radius 2 is 1.81 bits per heavy atom. The molecule has 0 bridgehead atoms. The van der Waals surface area contributed by atoms with Gasteiger partial charge in [-0.2, -0.15) is 4.98 Å². The summed E-state index contributed by atoms with van der Waals surface area (Å²) in [6.45, 7) is -0.196. The SMILES string of the molecule is O=C(COc1cccc(-c2noc(C=Cc3ccccc3)n2)c1)Nc1ccc(F)cc1. The molecule has 0 aliphatic carbocycles. The van der Waals surface area contributed by atoms with Crippen molar-refractivity contribution < 1.29 is 18.4 Å². The Hall–Kier alpha value is -4.26. The molecule has 0 atom stereocenters. The fourth-order valence-electron chi connectivity index (χ4n) is 2.76. The van der Waals surface area contributed by atoms with E-state index >= 15 is 0 Å². The van der Waals surface area contributed by atoms with Crippen molar-refractivity contribution in [3.05, 3.63) is 96.1 Å². The lowest BCUT2D eigenvalue weighted by molar-refractivity contribution is -0.118. The van der Waals surface area contributed by atoms with Crippen LogP contribution < -0.4 is 10.1 Å². The third-order valence-electron chi connectivity index (χ3n) is 4.25. The summed E-state index contributed by atoms with van der Waals surface area (Å²) < 4.78 is 23.8. The number of hydrogen-bond acceptors (Lipinski definition) is 5. The van der Waals surface area contributed by atoms with Crippen LogP contribution in [0, 0.1) is 5.82 Å². The minimum atomic E-state index is -0.369. The van der Waals surface area contributed by atoms with Crippen molar-refractivity contribution in [2.24, 2.45) is 0 Å². The molecule has 1 amide bonds. The maximum atomic E-state index is 12.9. The van der Waals surface area contributed by atoms with Gasteiger partial charge in [-0.05, 0) is 48.0 Å². The van der Waals surface area contributed by atoms with Crippen molar-refractivity contribution in [1.29, 1.82) is 0 Å². The molecular weight excluding hydrogens is 397 g/mol. The Morgan fingerprint density at radius 1 is 1.00 bits per heavy atom. The number of rotatable bonds is 7. The molecule has 0 aliphatic heterocycles. The van der Waals surface area contributed by atoms with Crippen molar-refractivity contribution in [2.75, 3.05) is 11.9 Å². The van der Waals surface area contributed by atoms with E-state index < -0.39 is 0 Å². The maximum absolute atomic E-state index is 12.9. The summed E-state index contributed by atoms with van der Waals surface area (Å²) in [5.41, 5.74) is 2.21. The van der Waals surface area contributed by atoms with E-state index in [0.29, 0.717) is 28.7 Å². The highest BCUT2D eigenvalue weighted by molar-refractivity contribution is 5.91. The summed E-state index contributed by atoms with van der Waals surface area (Å²) in [5, 5.41) is 6.63. The van der Waals surface area contributed by atoms with E-state index in [1.54, 1.807) is 24.3 Å². The Morgan fingerprint density at radius 3 is 2.61 bits per heavy atom. The number of hydrogen-bond donors (Lipinski definition) is 1.